The maximum Gasteiger partial charge on any atom is 0.301 e. The first kappa shape index (κ1) is 28.2. The minimum Gasteiger partial charge on any atom is -0.507 e. The molecule has 0 radical (unpaired) electrons. The van der Waals surface area contributed by atoms with Gasteiger partial charge in [0.2, 0.25) is 0 Å². The molecule has 0 saturated carbocycles. The number of Topliss-reactive ketones (excluding diaryl/α,β-unsaturated/α-hetero) is 1. The van der Waals surface area contributed by atoms with E-state index in [9.17, 15) is 14.7 Å². The Bertz CT molecular complexity index is 1860. The van der Waals surface area contributed by atoms with Gasteiger partial charge in [-0.3, -0.25) is 14.5 Å². The molecule has 1 saturated heterocycles. The van der Waals surface area contributed by atoms with Gasteiger partial charge in [0.1, 0.15) is 23.9 Å². The van der Waals surface area contributed by atoms with Gasteiger partial charge in [-0.2, -0.15) is 0 Å². The lowest BCUT2D eigenvalue weighted by molar-refractivity contribution is -0.132. The van der Waals surface area contributed by atoms with Crippen LogP contribution < -0.4 is 14.4 Å². The van der Waals surface area contributed by atoms with E-state index < -0.39 is 17.7 Å². The number of carbonyl (C=O) groups excluding carboxylic acids is 2. The van der Waals surface area contributed by atoms with Crippen LogP contribution >= 0.6 is 11.3 Å². The largest absolute Gasteiger partial charge is 0.507 e. The fourth-order valence-corrected chi connectivity index (χ4v) is 6.52. The summed E-state index contributed by atoms with van der Waals surface area (Å²) in [5, 5.41) is 12.0. The van der Waals surface area contributed by atoms with Crippen LogP contribution in [-0.4, -0.2) is 28.4 Å². The van der Waals surface area contributed by atoms with Crippen molar-refractivity contribution in [2.24, 2.45) is 0 Å². The van der Waals surface area contributed by atoms with Crippen molar-refractivity contribution in [1.82, 2.24) is 4.98 Å². The van der Waals surface area contributed by atoms with Gasteiger partial charge in [-0.05, 0) is 73.4 Å². The molecule has 1 fully saturated rings. The van der Waals surface area contributed by atoms with Crippen molar-refractivity contribution >= 4 is 44.1 Å². The molecule has 0 aliphatic carbocycles. The summed E-state index contributed by atoms with van der Waals surface area (Å²) in [6.07, 6.45) is 0. The highest BCUT2D eigenvalue weighted by Gasteiger charge is 2.48. The number of aryl methyl sites for hydroxylation is 2. The summed E-state index contributed by atoms with van der Waals surface area (Å²) in [6, 6.07) is 27.1. The highest BCUT2D eigenvalue weighted by Crippen LogP contribution is 2.45. The van der Waals surface area contributed by atoms with Gasteiger partial charge in [0.05, 0.1) is 28.4 Å². The summed E-state index contributed by atoms with van der Waals surface area (Å²) in [6.45, 7) is 6.70. The molecule has 5 aromatic rings. The van der Waals surface area contributed by atoms with Crippen molar-refractivity contribution in [3.8, 4) is 11.5 Å². The van der Waals surface area contributed by atoms with Crippen LogP contribution in [0.15, 0.2) is 96.6 Å². The van der Waals surface area contributed by atoms with Crippen LogP contribution in [0.3, 0.4) is 0 Å². The number of thiazole rings is 1. The Morgan fingerprint density at radius 3 is 2.42 bits per heavy atom. The Balaban J connectivity index is 1.45. The third kappa shape index (κ3) is 5.49. The number of anilines is 1. The minimum absolute atomic E-state index is 0.0104. The normalized spacial score (nSPS) is 16.2. The molecule has 0 spiro atoms. The number of benzene rings is 4. The second-order valence-corrected chi connectivity index (χ2v) is 11.4. The Kier molecular flexibility index (Phi) is 7.69. The van der Waals surface area contributed by atoms with Gasteiger partial charge in [0.25, 0.3) is 5.78 Å². The molecule has 0 bridgehead atoms. The lowest BCUT2D eigenvalue weighted by Gasteiger charge is -2.23. The van der Waals surface area contributed by atoms with E-state index >= 15 is 0 Å². The lowest BCUT2D eigenvalue weighted by atomic mass is 9.95. The number of aliphatic hydroxyl groups is 1. The molecule has 6 rings (SSSR count). The summed E-state index contributed by atoms with van der Waals surface area (Å²) in [5.41, 5.74) is 4.89. The van der Waals surface area contributed by atoms with E-state index in [0.717, 1.165) is 26.9 Å². The number of ketones is 1. The second kappa shape index (κ2) is 11.7. The van der Waals surface area contributed by atoms with Crippen LogP contribution in [0.4, 0.5) is 5.13 Å². The Hall–Kier alpha value is -4.95. The molecule has 4 aromatic carbocycles. The van der Waals surface area contributed by atoms with Crippen LogP contribution in [0.25, 0.3) is 16.0 Å². The SMILES string of the molecule is CCOc1cccc(C(O)=C2C(=O)C(=O)N(c3nc4c(C)cc(C)cc4s3)C2c2ccc(OCc3ccccc3)cc2)c1. The molecule has 1 aliphatic rings. The van der Waals surface area contributed by atoms with Crippen molar-refractivity contribution < 1.29 is 24.2 Å². The van der Waals surface area contributed by atoms with Gasteiger partial charge in [-0.15, -0.1) is 0 Å². The number of nitrogens with zero attached hydrogens (tertiary/aromatic N) is 2. The first-order chi connectivity index (χ1) is 20.8. The van der Waals surface area contributed by atoms with Gasteiger partial charge in [0, 0.05) is 5.56 Å². The molecule has 1 atom stereocenters. The number of carbonyl (C=O) groups is 2. The quantitative estimate of drug-likeness (QED) is 0.114. The number of amides is 1. The van der Waals surface area contributed by atoms with E-state index in [2.05, 4.69) is 0 Å². The van der Waals surface area contributed by atoms with Crippen LogP contribution in [0.5, 0.6) is 11.5 Å². The number of ether oxygens (including phenoxy) is 2. The van der Waals surface area contributed by atoms with Crippen LogP contribution in [0.1, 0.15) is 40.8 Å². The fraction of sp³-hybridized carbons (Fsp3) is 0.171. The first-order valence-corrected chi connectivity index (χ1v) is 14.8. The second-order valence-electron chi connectivity index (χ2n) is 10.4. The highest BCUT2D eigenvalue weighted by atomic mass is 32.1. The molecular formula is C35H30N2O5S. The molecule has 7 nitrogen and oxygen atoms in total. The minimum atomic E-state index is -0.902. The fourth-order valence-electron chi connectivity index (χ4n) is 5.35. The average Bonchev–Trinajstić information content (AvgIpc) is 3.55. The van der Waals surface area contributed by atoms with Crippen molar-refractivity contribution in [2.75, 3.05) is 11.5 Å². The molecule has 1 N–H and O–H groups in total. The van der Waals surface area contributed by atoms with Crippen LogP contribution in [0, 0.1) is 13.8 Å². The molecular weight excluding hydrogens is 560 g/mol. The summed E-state index contributed by atoms with van der Waals surface area (Å²) in [5.74, 6) is -0.606. The standard InChI is InChI=1S/C35H30N2O5S/c1-4-41-27-12-8-11-25(19-27)32(38)29-31(24-13-15-26(16-14-24)42-20-23-9-6-5-7-10-23)37(34(40)33(29)39)35-36-30-22(3)17-21(2)18-28(30)43-35/h5-19,31,38H,4,20H2,1-3H3. The van der Waals surface area contributed by atoms with Gasteiger partial charge in [-0.25, -0.2) is 4.98 Å². The van der Waals surface area contributed by atoms with Gasteiger partial charge in [-0.1, -0.05) is 72.0 Å². The molecule has 216 valence electrons. The van der Waals surface area contributed by atoms with E-state index in [4.69, 9.17) is 14.5 Å². The monoisotopic (exact) mass is 590 g/mol. The Morgan fingerprint density at radius 1 is 0.907 bits per heavy atom. The number of hydrogen-bond acceptors (Lipinski definition) is 7. The summed E-state index contributed by atoms with van der Waals surface area (Å²) in [4.78, 5) is 33.6. The molecule has 1 aliphatic heterocycles. The van der Waals surface area contributed by atoms with E-state index in [0.29, 0.717) is 41.0 Å². The zero-order valence-electron chi connectivity index (χ0n) is 24.0. The Morgan fingerprint density at radius 2 is 1.67 bits per heavy atom. The van der Waals surface area contributed by atoms with E-state index in [1.165, 1.54) is 16.2 Å². The zero-order chi connectivity index (χ0) is 30.1. The molecule has 43 heavy (non-hydrogen) atoms. The lowest BCUT2D eigenvalue weighted by Crippen LogP contribution is -2.29. The van der Waals surface area contributed by atoms with Crippen molar-refractivity contribution in [3.05, 3.63) is 124 Å². The average molecular weight is 591 g/mol. The van der Waals surface area contributed by atoms with Crippen LogP contribution in [-0.2, 0) is 16.2 Å². The molecule has 8 heteroatoms. The third-order valence-corrected chi connectivity index (χ3v) is 8.33. The summed E-state index contributed by atoms with van der Waals surface area (Å²) < 4.78 is 12.5. The number of aromatic nitrogens is 1. The van der Waals surface area contributed by atoms with E-state index in [1.54, 1.807) is 36.4 Å². The first-order valence-electron chi connectivity index (χ1n) is 14.0. The molecule has 2 heterocycles. The third-order valence-electron chi connectivity index (χ3n) is 7.33. The van der Waals surface area contributed by atoms with Crippen molar-refractivity contribution in [3.63, 3.8) is 0 Å². The van der Waals surface area contributed by atoms with Gasteiger partial charge in [0.15, 0.2) is 5.13 Å². The Labute approximate surface area is 253 Å². The van der Waals surface area contributed by atoms with Crippen molar-refractivity contribution in [1.29, 1.82) is 0 Å². The summed E-state index contributed by atoms with van der Waals surface area (Å²) in [7, 11) is 0. The smallest absolute Gasteiger partial charge is 0.301 e. The molecule has 1 unspecified atom stereocenters. The molecule has 1 aromatic heterocycles. The molecule has 1 amide bonds. The number of rotatable bonds is 8. The zero-order valence-corrected chi connectivity index (χ0v) is 24.9. The topological polar surface area (TPSA) is 89.0 Å². The van der Waals surface area contributed by atoms with Gasteiger partial charge < -0.3 is 14.6 Å². The maximum atomic E-state index is 13.7. The highest BCUT2D eigenvalue weighted by molar-refractivity contribution is 7.22. The van der Waals surface area contributed by atoms with Crippen LogP contribution in [0.2, 0.25) is 0 Å². The van der Waals surface area contributed by atoms with Crippen molar-refractivity contribution in [2.45, 2.75) is 33.4 Å². The predicted molar refractivity (Wildman–Crippen MR) is 169 cm³/mol. The van der Waals surface area contributed by atoms with Gasteiger partial charge >= 0.3 is 5.91 Å². The van der Waals surface area contributed by atoms with E-state index in [-0.39, 0.29) is 11.3 Å². The predicted octanol–water partition coefficient (Wildman–Crippen LogP) is 7.52. The maximum absolute atomic E-state index is 13.7. The number of aliphatic hydroxyl groups excluding tert-OH is 1. The number of hydrogen-bond donors (Lipinski definition) is 1. The number of fused-ring (bicyclic) bond motifs is 1. The summed E-state index contributed by atoms with van der Waals surface area (Å²) >= 11 is 1.35. The van der Waals surface area contributed by atoms with E-state index in [1.807, 2.05) is 75.4 Å².